The maximum absolute atomic E-state index is 13.3. The van der Waals surface area contributed by atoms with Crippen molar-refractivity contribution in [2.75, 3.05) is 26.7 Å². The van der Waals surface area contributed by atoms with E-state index in [0.29, 0.717) is 25.9 Å². The van der Waals surface area contributed by atoms with Crippen LogP contribution in [0, 0.1) is 6.92 Å². The lowest BCUT2D eigenvalue weighted by Crippen LogP contribution is -2.55. The summed E-state index contributed by atoms with van der Waals surface area (Å²) in [6, 6.07) is 7.24. The van der Waals surface area contributed by atoms with Crippen molar-refractivity contribution in [3.63, 3.8) is 0 Å². The summed E-state index contributed by atoms with van der Waals surface area (Å²) in [6.07, 6.45) is -0.854. The number of ether oxygens (including phenoxy) is 1. The van der Waals surface area contributed by atoms with Gasteiger partial charge in [0.25, 0.3) is 5.91 Å². The summed E-state index contributed by atoms with van der Waals surface area (Å²) in [7, 11) is 1.70. The van der Waals surface area contributed by atoms with Crippen LogP contribution >= 0.6 is 0 Å². The van der Waals surface area contributed by atoms with Gasteiger partial charge in [0.2, 0.25) is 5.91 Å². The molecule has 2 fully saturated rings. The van der Waals surface area contributed by atoms with Crippen LogP contribution in [0.25, 0.3) is 0 Å². The smallest absolute Gasteiger partial charge is 0.254 e. The van der Waals surface area contributed by atoms with E-state index in [4.69, 9.17) is 4.74 Å². The van der Waals surface area contributed by atoms with Gasteiger partial charge in [-0.3, -0.25) is 9.59 Å². The first-order valence-corrected chi connectivity index (χ1v) is 8.34. The average Bonchev–Trinajstić information content (AvgIpc) is 2.58. The zero-order valence-electron chi connectivity index (χ0n) is 14.1. The maximum atomic E-state index is 13.3. The van der Waals surface area contributed by atoms with Crippen molar-refractivity contribution in [1.29, 1.82) is 0 Å². The van der Waals surface area contributed by atoms with Crippen LogP contribution in [0.4, 0.5) is 4.39 Å². The maximum Gasteiger partial charge on any atom is 0.254 e. The Morgan fingerprint density at radius 1 is 1.25 bits per heavy atom. The Labute approximate surface area is 141 Å². The van der Waals surface area contributed by atoms with Crippen molar-refractivity contribution < 1.29 is 18.7 Å². The fraction of sp³-hybridized carbons (Fsp3) is 0.556. The molecule has 0 aliphatic carbocycles. The average molecular weight is 334 g/mol. The third kappa shape index (κ3) is 3.15. The van der Waals surface area contributed by atoms with Crippen LogP contribution in [-0.4, -0.2) is 60.6 Å². The highest BCUT2D eigenvalue weighted by Gasteiger charge is 2.42. The van der Waals surface area contributed by atoms with Gasteiger partial charge in [0.15, 0.2) is 6.10 Å². The highest BCUT2D eigenvalue weighted by atomic mass is 19.1. The number of rotatable bonds is 2. The first-order valence-electron chi connectivity index (χ1n) is 8.34. The van der Waals surface area contributed by atoms with Crippen molar-refractivity contribution in [3.05, 3.63) is 35.4 Å². The molecule has 6 heteroatoms. The second-order valence-electron chi connectivity index (χ2n) is 6.54. The van der Waals surface area contributed by atoms with E-state index in [1.54, 1.807) is 16.8 Å². The molecule has 3 rings (SSSR count). The lowest BCUT2D eigenvalue weighted by atomic mass is 9.93. The van der Waals surface area contributed by atoms with E-state index in [1.807, 2.05) is 31.2 Å². The molecular formula is C18H23FN2O3. The largest absolute Gasteiger partial charge is 0.356 e. The van der Waals surface area contributed by atoms with Gasteiger partial charge in [0, 0.05) is 20.1 Å². The molecule has 2 atom stereocenters. The number of likely N-dealkylation sites (tertiary alicyclic amines) is 1. The zero-order valence-corrected chi connectivity index (χ0v) is 14.1. The summed E-state index contributed by atoms with van der Waals surface area (Å²) in [5.41, 5.74) is 1.92. The highest BCUT2D eigenvalue weighted by Crippen LogP contribution is 2.32. The minimum absolute atomic E-state index is 0.102. The molecular weight excluding hydrogens is 311 g/mol. The molecule has 0 unspecified atom stereocenters. The number of halogens is 1. The van der Waals surface area contributed by atoms with E-state index in [9.17, 15) is 14.0 Å². The molecule has 0 N–H and O–H groups in total. The number of alkyl halides is 1. The number of amides is 2. The quantitative estimate of drug-likeness (QED) is 0.829. The zero-order chi connectivity index (χ0) is 17.3. The van der Waals surface area contributed by atoms with Crippen LogP contribution in [0.15, 0.2) is 24.3 Å². The molecule has 2 aliphatic rings. The number of hydrogen-bond acceptors (Lipinski definition) is 3. The van der Waals surface area contributed by atoms with Gasteiger partial charge in [-0.2, -0.15) is 0 Å². The fourth-order valence-electron chi connectivity index (χ4n) is 3.46. The van der Waals surface area contributed by atoms with Crippen molar-refractivity contribution in [2.45, 2.75) is 38.1 Å². The number of carbonyl (C=O) groups is 2. The number of piperidine rings is 1. The van der Waals surface area contributed by atoms with Gasteiger partial charge in [-0.15, -0.1) is 0 Å². The van der Waals surface area contributed by atoms with E-state index >= 15 is 0 Å². The molecule has 2 aliphatic heterocycles. The normalized spacial score (nSPS) is 25.9. The van der Waals surface area contributed by atoms with Gasteiger partial charge in [-0.25, -0.2) is 4.39 Å². The number of nitrogens with zero attached hydrogens (tertiary/aromatic N) is 2. The number of carbonyl (C=O) groups excluding carboxylic acids is 2. The number of hydrogen-bond donors (Lipinski definition) is 0. The number of morpholine rings is 1. The standard InChI is InChI=1S/C18H23FN2O3/c1-12-5-3-4-6-14(12)16-17(24-11-15(22)20(16)2)18(23)21-9-7-13(19)8-10-21/h3-6,13,16-17H,7-11H2,1-2H3/t16-,17+/m1/s1. The molecule has 0 radical (unpaired) electrons. The Morgan fingerprint density at radius 3 is 2.58 bits per heavy atom. The van der Waals surface area contributed by atoms with Crippen LogP contribution in [0.3, 0.4) is 0 Å². The monoisotopic (exact) mass is 334 g/mol. The third-order valence-electron chi connectivity index (χ3n) is 4.97. The minimum atomic E-state index is -0.835. The molecule has 0 spiro atoms. The molecule has 2 heterocycles. The summed E-state index contributed by atoms with van der Waals surface area (Å²) in [4.78, 5) is 28.3. The Hall–Kier alpha value is -1.95. The molecule has 1 aromatic rings. The summed E-state index contributed by atoms with van der Waals surface area (Å²) in [5.74, 6) is -0.302. The summed E-state index contributed by atoms with van der Waals surface area (Å²) in [5, 5.41) is 0. The van der Waals surface area contributed by atoms with Gasteiger partial charge in [0.1, 0.15) is 12.8 Å². The summed E-state index contributed by atoms with van der Waals surface area (Å²) < 4.78 is 19.0. The Bertz CT molecular complexity index is 628. The first kappa shape index (κ1) is 16.9. The lowest BCUT2D eigenvalue weighted by molar-refractivity contribution is -0.168. The van der Waals surface area contributed by atoms with Gasteiger partial charge in [0.05, 0.1) is 6.04 Å². The van der Waals surface area contributed by atoms with Gasteiger partial charge in [-0.05, 0) is 30.9 Å². The molecule has 2 amide bonds. The molecule has 130 valence electrons. The van der Waals surface area contributed by atoms with Crippen LogP contribution in [0.2, 0.25) is 0 Å². The minimum Gasteiger partial charge on any atom is -0.356 e. The molecule has 0 aromatic heterocycles. The lowest BCUT2D eigenvalue weighted by Gasteiger charge is -2.41. The van der Waals surface area contributed by atoms with Crippen LogP contribution in [-0.2, 0) is 14.3 Å². The summed E-state index contributed by atoms with van der Waals surface area (Å²) >= 11 is 0. The molecule has 0 bridgehead atoms. The van der Waals surface area contributed by atoms with Crippen molar-refractivity contribution in [3.8, 4) is 0 Å². The van der Waals surface area contributed by atoms with Crippen molar-refractivity contribution >= 4 is 11.8 Å². The topological polar surface area (TPSA) is 49.9 Å². The van der Waals surface area contributed by atoms with Crippen molar-refractivity contribution in [2.24, 2.45) is 0 Å². The van der Waals surface area contributed by atoms with Gasteiger partial charge >= 0.3 is 0 Å². The SMILES string of the molecule is Cc1ccccc1[C@@H]1[C@@H](C(=O)N2CCC(F)CC2)OCC(=O)N1C. The predicted octanol–water partition coefficient (Wildman–Crippen LogP) is 1.85. The molecule has 24 heavy (non-hydrogen) atoms. The van der Waals surface area contributed by atoms with Gasteiger partial charge < -0.3 is 14.5 Å². The third-order valence-corrected chi connectivity index (χ3v) is 4.97. The van der Waals surface area contributed by atoms with Crippen LogP contribution < -0.4 is 0 Å². The Morgan fingerprint density at radius 2 is 1.92 bits per heavy atom. The van der Waals surface area contributed by atoms with E-state index < -0.39 is 18.3 Å². The first-order chi connectivity index (χ1) is 11.5. The fourth-order valence-corrected chi connectivity index (χ4v) is 3.46. The molecule has 1 aromatic carbocycles. The van der Waals surface area contributed by atoms with Crippen LogP contribution in [0.5, 0.6) is 0 Å². The Balaban J connectivity index is 1.88. The summed E-state index contributed by atoms with van der Waals surface area (Å²) in [6.45, 7) is 2.66. The number of benzene rings is 1. The van der Waals surface area contributed by atoms with Crippen LogP contribution in [0.1, 0.15) is 30.0 Å². The van der Waals surface area contributed by atoms with E-state index in [1.165, 1.54) is 0 Å². The second-order valence-corrected chi connectivity index (χ2v) is 6.54. The molecule has 2 saturated heterocycles. The molecule has 5 nitrogen and oxygen atoms in total. The molecule has 0 saturated carbocycles. The number of likely N-dealkylation sites (N-methyl/N-ethyl adjacent to an activating group) is 1. The number of aryl methyl sites for hydroxylation is 1. The highest BCUT2D eigenvalue weighted by molar-refractivity contribution is 5.86. The van der Waals surface area contributed by atoms with Crippen molar-refractivity contribution in [1.82, 2.24) is 9.80 Å². The second kappa shape index (κ2) is 6.89. The van der Waals surface area contributed by atoms with E-state index in [0.717, 1.165) is 11.1 Å². The Kier molecular flexibility index (Phi) is 4.85. The van der Waals surface area contributed by atoms with Gasteiger partial charge in [-0.1, -0.05) is 24.3 Å². The van der Waals surface area contributed by atoms with E-state index in [2.05, 4.69) is 0 Å². The van der Waals surface area contributed by atoms with E-state index in [-0.39, 0.29) is 18.4 Å². The predicted molar refractivity (Wildman–Crippen MR) is 87.1 cm³/mol.